The summed E-state index contributed by atoms with van der Waals surface area (Å²) in [5, 5.41) is 54.5. The van der Waals surface area contributed by atoms with Crippen molar-refractivity contribution in [1.82, 2.24) is 5.32 Å². The zero-order valence-corrected chi connectivity index (χ0v) is 61.0. The Morgan fingerprint density at radius 3 is 1.10 bits per heavy atom. The van der Waals surface area contributed by atoms with Crippen LogP contribution in [0.15, 0.2) is 48.6 Å². The van der Waals surface area contributed by atoms with Crippen LogP contribution in [0.2, 0.25) is 0 Å². The molecule has 6 N–H and O–H groups in total. The van der Waals surface area contributed by atoms with Gasteiger partial charge in [0.1, 0.15) is 24.4 Å². The van der Waals surface area contributed by atoms with Crippen molar-refractivity contribution in [1.29, 1.82) is 0 Å². The van der Waals surface area contributed by atoms with Crippen LogP contribution in [-0.2, 0) is 23.8 Å². The van der Waals surface area contributed by atoms with E-state index in [1.165, 1.54) is 308 Å². The van der Waals surface area contributed by atoms with Crippen LogP contribution in [0, 0.1) is 0 Å². The van der Waals surface area contributed by atoms with E-state index in [0.717, 1.165) is 64.2 Å². The Bertz CT molecular complexity index is 1690. The average Bonchev–Trinajstić information content (AvgIpc) is 0.981. The Hall–Kier alpha value is -2.38. The van der Waals surface area contributed by atoms with Crippen molar-refractivity contribution >= 4 is 11.9 Å². The van der Waals surface area contributed by atoms with Crippen LogP contribution < -0.4 is 5.32 Å². The summed E-state index contributed by atoms with van der Waals surface area (Å²) in [5.74, 6) is -0.171. The Morgan fingerprint density at radius 2 is 0.720 bits per heavy atom. The van der Waals surface area contributed by atoms with Crippen molar-refractivity contribution in [3.8, 4) is 0 Å². The van der Waals surface area contributed by atoms with E-state index in [1.807, 2.05) is 6.08 Å². The lowest BCUT2D eigenvalue weighted by atomic mass is 9.99. The maximum Gasteiger partial charge on any atom is 0.305 e. The molecule has 0 aromatic rings. The standard InChI is InChI=1S/C82H153NO10/c1-3-5-7-9-11-13-15-17-46-50-54-58-62-66-70-78(87)91-71-67-63-59-55-51-47-44-42-40-38-36-34-32-30-28-26-24-22-20-18-19-21-23-25-27-29-31-33-35-37-39-41-43-45-49-53-57-61-65-69-77(86)83-74(73-92-82-81(90)80(89)79(88)76(72-84)93-82)75(85)68-64-60-56-52-48-16-14-12-10-8-6-4-2/h15,17-19,22,24,64,68,74-76,79-82,84-85,88-90H,3-14,16,20-21,23,25-63,65-67,69-73H2,1-2H3,(H,83,86)/b17-15-,19-18-,24-22-,68-64+. The van der Waals surface area contributed by atoms with Gasteiger partial charge in [0.05, 0.1) is 32.0 Å². The lowest BCUT2D eigenvalue weighted by molar-refractivity contribution is -0.302. The van der Waals surface area contributed by atoms with Crippen molar-refractivity contribution in [3.63, 3.8) is 0 Å². The molecule has 0 spiro atoms. The Kier molecular flexibility index (Phi) is 67.6. The Morgan fingerprint density at radius 1 is 0.398 bits per heavy atom. The molecule has 11 heteroatoms. The van der Waals surface area contributed by atoms with Gasteiger partial charge in [-0.05, 0) is 89.9 Å². The normalized spacial score (nSPS) is 17.7. The molecule has 0 aromatic carbocycles. The van der Waals surface area contributed by atoms with Gasteiger partial charge >= 0.3 is 5.97 Å². The van der Waals surface area contributed by atoms with E-state index in [2.05, 4.69) is 55.6 Å². The van der Waals surface area contributed by atoms with Gasteiger partial charge in [0.2, 0.25) is 5.91 Å². The molecule has 93 heavy (non-hydrogen) atoms. The average molecular weight is 1310 g/mol. The van der Waals surface area contributed by atoms with Gasteiger partial charge in [0.25, 0.3) is 0 Å². The predicted octanol–water partition coefficient (Wildman–Crippen LogP) is 21.9. The van der Waals surface area contributed by atoms with Crippen LogP contribution in [0.25, 0.3) is 0 Å². The van der Waals surface area contributed by atoms with Crippen LogP contribution in [0.5, 0.6) is 0 Å². The molecule has 0 bridgehead atoms. The lowest BCUT2D eigenvalue weighted by Crippen LogP contribution is -2.60. The zero-order chi connectivity index (χ0) is 67.2. The number of unbranched alkanes of at least 4 members (excludes halogenated alkanes) is 52. The highest BCUT2D eigenvalue weighted by molar-refractivity contribution is 5.76. The number of aliphatic hydroxyl groups is 5. The smallest absolute Gasteiger partial charge is 0.305 e. The first-order valence-electron chi connectivity index (χ1n) is 40.4. The van der Waals surface area contributed by atoms with E-state index in [-0.39, 0.29) is 18.5 Å². The molecule has 1 heterocycles. The monoisotopic (exact) mass is 1310 g/mol. The molecule has 7 unspecified atom stereocenters. The number of rotatable bonds is 72. The van der Waals surface area contributed by atoms with Gasteiger partial charge in [-0.2, -0.15) is 0 Å². The first kappa shape index (κ1) is 88.6. The molecule has 1 amide bonds. The summed E-state index contributed by atoms with van der Waals surface area (Å²) >= 11 is 0. The molecule has 1 rings (SSSR count). The molecule has 1 aliphatic heterocycles. The Labute approximate surface area is 574 Å². The van der Waals surface area contributed by atoms with Crippen molar-refractivity contribution in [2.45, 2.75) is 442 Å². The quantitative estimate of drug-likeness (QED) is 0.0195. The maximum atomic E-state index is 13.1. The number of ether oxygens (including phenoxy) is 3. The maximum absolute atomic E-state index is 13.1. The fourth-order valence-corrected chi connectivity index (χ4v) is 12.8. The van der Waals surface area contributed by atoms with Gasteiger partial charge in [-0.25, -0.2) is 0 Å². The molecule has 0 radical (unpaired) electrons. The number of carbonyl (C=O) groups is 2. The SMILES string of the molecule is CCCCCCC/C=C\CCCCCCCC(=O)OCCCCCCCCCCCCCCCCC/C=C\C/C=C\CCCCCCCCCCCCCCCCCCCC(=O)NC(COC1OC(CO)C(O)C(O)C1O)C(O)/C=C/CCCCCCCCCCCC. The van der Waals surface area contributed by atoms with Crippen LogP contribution in [0.4, 0.5) is 0 Å². The topological polar surface area (TPSA) is 175 Å². The minimum atomic E-state index is -1.57. The number of amides is 1. The number of carbonyl (C=O) groups excluding carboxylic acids is 2. The molecule has 1 saturated heterocycles. The molecule has 546 valence electrons. The summed E-state index contributed by atoms with van der Waals surface area (Å²) in [4.78, 5) is 25.2. The van der Waals surface area contributed by atoms with E-state index < -0.39 is 49.5 Å². The van der Waals surface area contributed by atoms with Crippen LogP contribution in [0.1, 0.15) is 399 Å². The van der Waals surface area contributed by atoms with Crippen molar-refractivity contribution in [3.05, 3.63) is 48.6 Å². The van der Waals surface area contributed by atoms with Gasteiger partial charge in [-0.3, -0.25) is 9.59 Å². The first-order valence-corrected chi connectivity index (χ1v) is 40.4. The summed E-state index contributed by atoms with van der Waals surface area (Å²) in [7, 11) is 0. The van der Waals surface area contributed by atoms with E-state index in [9.17, 15) is 35.1 Å². The lowest BCUT2D eigenvalue weighted by Gasteiger charge is -2.40. The Balaban J connectivity index is 1.89. The number of esters is 1. The summed E-state index contributed by atoms with van der Waals surface area (Å²) < 4.78 is 16.8. The zero-order valence-electron chi connectivity index (χ0n) is 61.0. The second kappa shape index (κ2) is 70.9. The molecule has 1 aliphatic rings. The van der Waals surface area contributed by atoms with Crippen molar-refractivity contribution in [2.24, 2.45) is 0 Å². The van der Waals surface area contributed by atoms with E-state index in [0.29, 0.717) is 19.4 Å². The number of aliphatic hydroxyl groups excluding tert-OH is 5. The van der Waals surface area contributed by atoms with E-state index in [1.54, 1.807) is 6.08 Å². The molecular weight excluding hydrogens is 1160 g/mol. The number of nitrogens with one attached hydrogen (secondary N) is 1. The van der Waals surface area contributed by atoms with Gasteiger partial charge in [0.15, 0.2) is 6.29 Å². The first-order chi connectivity index (χ1) is 45.7. The molecule has 0 aromatic heterocycles. The molecule has 7 atom stereocenters. The minimum absolute atomic E-state index is 0.00639. The fourth-order valence-electron chi connectivity index (χ4n) is 12.8. The van der Waals surface area contributed by atoms with Gasteiger partial charge in [-0.15, -0.1) is 0 Å². The third-order valence-corrected chi connectivity index (χ3v) is 19.2. The largest absolute Gasteiger partial charge is 0.466 e. The number of allylic oxidation sites excluding steroid dienone is 7. The van der Waals surface area contributed by atoms with Gasteiger partial charge in [-0.1, -0.05) is 345 Å². The van der Waals surface area contributed by atoms with Crippen LogP contribution in [-0.4, -0.2) is 100 Å². The highest BCUT2D eigenvalue weighted by Crippen LogP contribution is 2.24. The van der Waals surface area contributed by atoms with E-state index >= 15 is 0 Å². The summed E-state index contributed by atoms with van der Waals surface area (Å²) in [5.41, 5.74) is 0. The second-order valence-corrected chi connectivity index (χ2v) is 28.1. The van der Waals surface area contributed by atoms with Crippen LogP contribution >= 0.6 is 0 Å². The predicted molar refractivity (Wildman–Crippen MR) is 394 cm³/mol. The van der Waals surface area contributed by atoms with Crippen molar-refractivity contribution in [2.75, 3.05) is 19.8 Å². The minimum Gasteiger partial charge on any atom is -0.466 e. The number of hydrogen-bond donors (Lipinski definition) is 6. The third kappa shape index (κ3) is 59.4. The molecule has 11 nitrogen and oxygen atoms in total. The number of hydrogen-bond acceptors (Lipinski definition) is 10. The van der Waals surface area contributed by atoms with E-state index in [4.69, 9.17) is 14.2 Å². The highest BCUT2D eigenvalue weighted by Gasteiger charge is 2.44. The van der Waals surface area contributed by atoms with Gasteiger partial charge in [0, 0.05) is 12.8 Å². The van der Waals surface area contributed by atoms with Gasteiger partial charge < -0.3 is 45.1 Å². The summed E-state index contributed by atoms with van der Waals surface area (Å²) in [6, 6.07) is -0.808. The summed E-state index contributed by atoms with van der Waals surface area (Å²) in [6.07, 6.45) is 84.3. The molecule has 1 fully saturated rings. The molecule has 0 aliphatic carbocycles. The third-order valence-electron chi connectivity index (χ3n) is 19.2. The summed E-state index contributed by atoms with van der Waals surface area (Å²) in [6.45, 7) is 4.37. The molecule has 0 saturated carbocycles. The van der Waals surface area contributed by atoms with Crippen molar-refractivity contribution < 1.29 is 49.3 Å². The highest BCUT2D eigenvalue weighted by atomic mass is 16.7. The molecular formula is C82H153NO10. The fraction of sp³-hybridized carbons (Fsp3) is 0.878. The van der Waals surface area contributed by atoms with Crippen LogP contribution in [0.3, 0.4) is 0 Å². The second-order valence-electron chi connectivity index (χ2n) is 28.1.